The maximum Gasteiger partial charge on any atom is 0.261 e. The lowest BCUT2D eigenvalue weighted by Crippen LogP contribution is -2.30. The number of rotatable bonds is 4. The molecule has 0 bridgehead atoms. The van der Waals surface area contributed by atoms with Gasteiger partial charge in [-0.25, -0.2) is 8.42 Å². The highest BCUT2D eigenvalue weighted by atomic mass is 35.5. The van der Waals surface area contributed by atoms with E-state index >= 15 is 0 Å². The standard InChI is InChI=1S/C26H24Cl2N2O2S/c1-15-9-11-23(16(2)13-15)30-33(31,32)17-10-12-24-20(14-17)18-5-3-6-19(18)26(29-24)25-21(27)7-4-8-22(25)28/h3-5,7-14,18-19,26,29-30H,6H2,1-2H3/t18-,19+,26-/m0/s1. The molecular weight excluding hydrogens is 475 g/mol. The Bertz CT molecular complexity index is 1360. The molecule has 1 aliphatic carbocycles. The molecule has 0 fully saturated rings. The molecule has 0 saturated carbocycles. The summed E-state index contributed by atoms with van der Waals surface area (Å²) < 4.78 is 29.2. The molecule has 33 heavy (non-hydrogen) atoms. The van der Waals surface area contributed by atoms with E-state index in [9.17, 15) is 8.42 Å². The molecule has 0 amide bonds. The molecule has 170 valence electrons. The van der Waals surface area contributed by atoms with Crippen molar-refractivity contribution < 1.29 is 8.42 Å². The summed E-state index contributed by atoms with van der Waals surface area (Å²) in [6, 6.07) is 16.4. The Morgan fingerprint density at radius 1 is 1.00 bits per heavy atom. The molecule has 7 heteroatoms. The van der Waals surface area contributed by atoms with Crippen LogP contribution in [0.2, 0.25) is 10.0 Å². The summed E-state index contributed by atoms with van der Waals surface area (Å²) in [6.45, 7) is 3.88. The Labute approximate surface area is 204 Å². The van der Waals surface area contributed by atoms with Crippen LogP contribution in [0.5, 0.6) is 0 Å². The minimum absolute atomic E-state index is 0.0607. The zero-order valence-electron chi connectivity index (χ0n) is 18.3. The van der Waals surface area contributed by atoms with E-state index in [1.54, 1.807) is 18.2 Å². The summed E-state index contributed by atoms with van der Waals surface area (Å²) in [5.41, 5.74) is 5.31. The fourth-order valence-corrected chi connectivity index (χ4v) is 6.76. The molecule has 3 aromatic carbocycles. The van der Waals surface area contributed by atoms with E-state index in [2.05, 4.69) is 22.2 Å². The number of benzene rings is 3. The predicted octanol–water partition coefficient (Wildman–Crippen LogP) is 7.24. The van der Waals surface area contributed by atoms with Gasteiger partial charge in [-0.05, 0) is 73.7 Å². The molecule has 0 radical (unpaired) electrons. The molecule has 1 heterocycles. The second-order valence-corrected chi connectivity index (χ2v) is 11.3. The maximum atomic E-state index is 13.2. The highest BCUT2D eigenvalue weighted by Gasteiger charge is 2.40. The Hall–Kier alpha value is -2.47. The molecular formula is C26H24Cl2N2O2S. The van der Waals surface area contributed by atoms with Crippen LogP contribution in [-0.2, 0) is 10.0 Å². The second-order valence-electron chi connectivity index (χ2n) is 8.78. The molecule has 0 aromatic heterocycles. The van der Waals surface area contributed by atoms with Crippen molar-refractivity contribution in [2.24, 2.45) is 5.92 Å². The predicted molar refractivity (Wildman–Crippen MR) is 136 cm³/mol. The van der Waals surface area contributed by atoms with E-state index in [4.69, 9.17) is 23.2 Å². The number of hydrogen-bond donors (Lipinski definition) is 2. The molecule has 2 N–H and O–H groups in total. The van der Waals surface area contributed by atoms with Gasteiger partial charge < -0.3 is 5.32 Å². The van der Waals surface area contributed by atoms with Crippen molar-refractivity contribution in [3.63, 3.8) is 0 Å². The number of allylic oxidation sites excluding steroid dienone is 2. The quantitative estimate of drug-likeness (QED) is 0.372. The van der Waals surface area contributed by atoms with Crippen LogP contribution >= 0.6 is 23.2 Å². The topological polar surface area (TPSA) is 58.2 Å². The minimum Gasteiger partial charge on any atom is -0.378 e. The summed E-state index contributed by atoms with van der Waals surface area (Å²) in [6.07, 6.45) is 5.18. The van der Waals surface area contributed by atoms with E-state index < -0.39 is 10.0 Å². The number of hydrogen-bond acceptors (Lipinski definition) is 3. The van der Waals surface area contributed by atoms with Crippen LogP contribution in [0.3, 0.4) is 0 Å². The fourth-order valence-electron chi connectivity index (χ4n) is 4.96. The number of anilines is 2. The Balaban J connectivity index is 1.52. The van der Waals surface area contributed by atoms with Crippen molar-refractivity contribution in [3.8, 4) is 0 Å². The molecule has 3 atom stereocenters. The van der Waals surface area contributed by atoms with E-state index in [0.717, 1.165) is 34.4 Å². The van der Waals surface area contributed by atoms with Crippen LogP contribution in [0.1, 0.15) is 40.6 Å². The van der Waals surface area contributed by atoms with Gasteiger partial charge in [0.05, 0.1) is 16.6 Å². The maximum absolute atomic E-state index is 13.2. The third-order valence-electron chi connectivity index (χ3n) is 6.58. The molecule has 0 saturated heterocycles. The lowest BCUT2D eigenvalue weighted by atomic mass is 9.77. The van der Waals surface area contributed by atoms with Gasteiger partial charge in [0.1, 0.15) is 0 Å². The van der Waals surface area contributed by atoms with E-state index in [1.807, 2.05) is 50.2 Å². The molecule has 2 aliphatic rings. The second kappa shape index (κ2) is 8.39. The third kappa shape index (κ3) is 4.03. The van der Waals surface area contributed by atoms with Crippen LogP contribution in [0.25, 0.3) is 0 Å². The number of sulfonamides is 1. The third-order valence-corrected chi connectivity index (χ3v) is 8.60. The summed E-state index contributed by atoms with van der Waals surface area (Å²) in [4.78, 5) is 0.247. The van der Waals surface area contributed by atoms with Gasteiger partial charge in [-0.3, -0.25) is 4.72 Å². The van der Waals surface area contributed by atoms with Crippen molar-refractivity contribution in [2.45, 2.75) is 37.1 Å². The normalized spacial score (nSPS) is 21.3. The number of nitrogens with one attached hydrogen (secondary N) is 2. The Morgan fingerprint density at radius 2 is 1.76 bits per heavy atom. The Kier molecular flexibility index (Phi) is 5.68. The molecule has 1 aliphatic heterocycles. The van der Waals surface area contributed by atoms with Crippen LogP contribution in [0.15, 0.2) is 71.6 Å². The van der Waals surface area contributed by atoms with Crippen LogP contribution in [0.4, 0.5) is 11.4 Å². The summed E-state index contributed by atoms with van der Waals surface area (Å²) in [5.74, 6) is 0.273. The van der Waals surface area contributed by atoms with Gasteiger partial charge in [-0.2, -0.15) is 0 Å². The first kappa shape index (κ1) is 22.3. The van der Waals surface area contributed by atoms with Gasteiger partial charge >= 0.3 is 0 Å². The lowest BCUT2D eigenvalue weighted by Gasteiger charge is -2.38. The molecule has 3 aromatic rings. The smallest absolute Gasteiger partial charge is 0.261 e. The van der Waals surface area contributed by atoms with Crippen LogP contribution < -0.4 is 10.0 Å². The average Bonchev–Trinajstić information content (AvgIpc) is 3.26. The van der Waals surface area contributed by atoms with Gasteiger partial charge in [0, 0.05) is 27.2 Å². The van der Waals surface area contributed by atoms with Crippen molar-refractivity contribution in [1.29, 1.82) is 0 Å². The lowest BCUT2D eigenvalue weighted by molar-refractivity contribution is 0.425. The highest BCUT2D eigenvalue weighted by molar-refractivity contribution is 7.92. The molecule has 5 rings (SSSR count). The largest absolute Gasteiger partial charge is 0.378 e. The van der Waals surface area contributed by atoms with Gasteiger partial charge in [-0.1, -0.05) is 59.1 Å². The first-order chi connectivity index (χ1) is 15.7. The summed E-state index contributed by atoms with van der Waals surface area (Å²) >= 11 is 13.1. The van der Waals surface area contributed by atoms with E-state index in [0.29, 0.717) is 15.7 Å². The first-order valence-corrected chi connectivity index (χ1v) is 13.1. The summed E-state index contributed by atoms with van der Waals surface area (Å²) in [7, 11) is -3.73. The SMILES string of the molecule is Cc1ccc(NS(=O)(=O)c2ccc3c(c2)[C@H]2C=CC[C@H]2[C@@H](c2c(Cl)cccc2Cl)N3)c(C)c1. The number of halogens is 2. The Morgan fingerprint density at radius 3 is 2.48 bits per heavy atom. The molecule has 0 unspecified atom stereocenters. The van der Waals surface area contributed by atoms with Crippen LogP contribution in [0, 0.1) is 19.8 Å². The van der Waals surface area contributed by atoms with Gasteiger partial charge in [-0.15, -0.1) is 0 Å². The zero-order valence-corrected chi connectivity index (χ0v) is 20.6. The van der Waals surface area contributed by atoms with Crippen molar-refractivity contribution in [2.75, 3.05) is 10.0 Å². The first-order valence-electron chi connectivity index (χ1n) is 10.9. The van der Waals surface area contributed by atoms with Gasteiger partial charge in [0.25, 0.3) is 10.0 Å². The van der Waals surface area contributed by atoms with Crippen LogP contribution in [-0.4, -0.2) is 8.42 Å². The molecule has 0 spiro atoms. The number of fused-ring (bicyclic) bond motifs is 3. The minimum atomic E-state index is -3.73. The van der Waals surface area contributed by atoms with Crippen molar-refractivity contribution in [1.82, 2.24) is 0 Å². The number of aryl methyl sites for hydroxylation is 2. The monoisotopic (exact) mass is 498 g/mol. The zero-order chi connectivity index (χ0) is 23.3. The van der Waals surface area contributed by atoms with Crippen molar-refractivity contribution >= 4 is 44.6 Å². The molecule has 4 nitrogen and oxygen atoms in total. The summed E-state index contributed by atoms with van der Waals surface area (Å²) in [5, 5.41) is 4.85. The van der Waals surface area contributed by atoms with E-state index in [1.165, 1.54) is 0 Å². The average molecular weight is 499 g/mol. The van der Waals surface area contributed by atoms with Gasteiger partial charge in [0.2, 0.25) is 0 Å². The fraction of sp³-hybridized carbons (Fsp3) is 0.231. The highest BCUT2D eigenvalue weighted by Crippen LogP contribution is 2.52. The van der Waals surface area contributed by atoms with Crippen molar-refractivity contribution in [3.05, 3.63) is 99.0 Å². The van der Waals surface area contributed by atoms with E-state index in [-0.39, 0.29) is 22.8 Å². The van der Waals surface area contributed by atoms with Gasteiger partial charge in [0.15, 0.2) is 0 Å².